The summed E-state index contributed by atoms with van der Waals surface area (Å²) >= 11 is 0. The fourth-order valence-corrected chi connectivity index (χ4v) is 6.11. The fraction of sp³-hybridized carbons (Fsp3) is 0.367. The van der Waals surface area contributed by atoms with Crippen LogP contribution in [0.5, 0.6) is 11.5 Å². The zero-order valence-electron chi connectivity index (χ0n) is 20.2. The van der Waals surface area contributed by atoms with Crippen molar-refractivity contribution in [1.82, 2.24) is 9.88 Å². The van der Waals surface area contributed by atoms with Crippen molar-refractivity contribution in [3.63, 3.8) is 0 Å². The molecule has 1 aromatic heterocycles. The standard InChI is InChI=1S/C30H31N3O2/c1-20(34)14-21-15-26-6-7-27(16-21)33(26)19-25-5-2-23-17-29(10-11-30(23)32-25)35-28-8-3-22(4-9-28)24-12-13-31-18-24/h2-5,8-13,17,21,26-27H,6-7,14-16,18-19H2,1H3/t21?,26-,27+. The molecule has 1 unspecified atom stereocenters. The molecule has 0 spiro atoms. The van der Waals surface area contributed by atoms with Gasteiger partial charge >= 0.3 is 0 Å². The Labute approximate surface area is 206 Å². The lowest BCUT2D eigenvalue weighted by Gasteiger charge is -2.38. The molecule has 2 bridgehead atoms. The average molecular weight is 466 g/mol. The van der Waals surface area contributed by atoms with E-state index >= 15 is 0 Å². The van der Waals surface area contributed by atoms with Crippen LogP contribution in [0.4, 0.5) is 0 Å². The predicted octanol–water partition coefficient (Wildman–Crippen LogP) is 6.22. The number of hydrogen-bond acceptors (Lipinski definition) is 5. The summed E-state index contributed by atoms with van der Waals surface area (Å²) in [5, 5.41) is 1.08. The summed E-state index contributed by atoms with van der Waals surface area (Å²) in [4.78, 5) is 23.5. The van der Waals surface area contributed by atoms with Gasteiger partial charge in [0.25, 0.3) is 0 Å². The lowest BCUT2D eigenvalue weighted by Crippen LogP contribution is -2.42. The van der Waals surface area contributed by atoms with Gasteiger partial charge in [-0.2, -0.15) is 0 Å². The Morgan fingerprint density at radius 2 is 1.77 bits per heavy atom. The van der Waals surface area contributed by atoms with Gasteiger partial charge in [0, 0.05) is 36.7 Å². The first-order chi connectivity index (χ1) is 17.1. The second kappa shape index (κ2) is 9.38. The second-order valence-corrected chi connectivity index (χ2v) is 10.3. The van der Waals surface area contributed by atoms with Gasteiger partial charge in [-0.25, -0.2) is 0 Å². The van der Waals surface area contributed by atoms with Gasteiger partial charge in [-0.1, -0.05) is 18.2 Å². The summed E-state index contributed by atoms with van der Waals surface area (Å²) in [7, 11) is 0. The monoisotopic (exact) mass is 465 g/mol. The van der Waals surface area contributed by atoms with Crippen molar-refractivity contribution < 1.29 is 9.53 Å². The highest BCUT2D eigenvalue weighted by Crippen LogP contribution is 2.40. The number of ketones is 1. The molecule has 3 aliphatic rings. The third-order valence-corrected chi connectivity index (χ3v) is 7.72. The molecule has 3 aromatic rings. The van der Waals surface area contributed by atoms with Crippen LogP contribution in [0.2, 0.25) is 0 Å². The van der Waals surface area contributed by atoms with Gasteiger partial charge < -0.3 is 9.53 Å². The largest absolute Gasteiger partial charge is 0.457 e. The summed E-state index contributed by atoms with van der Waals surface area (Å²) in [6.45, 7) is 3.37. The molecule has 35 heavy (non-hydrogen) atoms. The first-order valence-electron chi connectivity index (χ1n) is 12.7. The molecule has 178 valence electrons. The molecular weight excluding hydrogens is 434 g/mol. The van der Waals surface area contributed by atoms with Crippen LogP contribution < -0.4 is 4.74 Å². The number of nitrogens with zero attached hydrogens (tertiary/aromatic N) is 3. The minimum absolute atomic E-state index is 0.330. The molecule has 3 atom stereocenters. The van der Waals surface area contributed by atoms with E-state index in [1.807, 2.05) is 24.4 Å². The molecule has 5 heteroatoms. The first-order valence-corrected chi connectivity index (χ1v) is 12.7. The van der Waals surface area contributed by atoms with Crippen molar-refractivity contribution >= 4 is 28.5 Å². The SMILES string of the molecule is CC(=O)CC1C[C@H]2CC[C@@H](C1)N2Cc1ccc2cc(Oc3ccc(C4=CC=NC4)cc3)ccc2n1. The molecule has 3 aliphatic heterocycles. The van der Waals surface area contributed by atoms with E-state index in [-0.39, 0.29) is 0 Å². The Morgan fingerprint density at radius 3 is 2.49 bits per heavy atom. The molecule has 5 nitrogen and oxygen atoms in total. The number of Topliss-reactive ketones (excluding diaryl/α,β-unsaturated/α-hetero) is 1. The highest BCUT2D eigenvalue weighted by Gasteiger charge is 2.40. The second-order valence-electron chi connectivity index (χ2n) is 10.3. The highest BCUT2D eigenvalue weighted by atomic mass is 16.5. The minimum Gasteiger partial charge on any atom is -0.457 e. The van der Waals surface area contributed by atoms with Crippen molar-refractivity contribution in [2.75, 3.05) is 6.54 Å². The summed E-state index contributed by atoms with van der Waals surface area (Å²) in [5.74, 6) is 2.53. The van der Waals surface area contributed by atoms with E-state index in [2.05, 4.69) is 52.4 Å². The molecular formula is C30H31N3O2. The Morgan fingerprint density at radius 1 is 1.00 bits per heavy atom. The van der Waals surface area contributed by atoms with Crippen LogP contribution in [0.15, 0.2) is 65.7 Å². The van der Waals surface area contributed by atoms with Gasteiger partial charge in [-0.05, 0) is 92.1 Å². The van der Waals surface area contributed by atoms with Crippen LogP contribution in [0.1, 0.15) is 50.3 Å². The molecule has 0 saturated carbocycles. The van der Waals surface area contributed by atoms with Crippen molar-refractivity contribution in [3.05, 3.63) is 71.9 Å². The summed E-state index contributed by atoms with van der Waals surface area (Å²) < 4.78 is 6.12. The first kappa shape index (κ1) is 22.2. The Balaban J connectivity index is 1.12. The van der Waals surface area contributed by atoms with Gasteiger partial charge in [-0.3, -0.25) is 14.9 Å². The van der Waals surface area contributed by atoms with Crippen LogP contribution >= 0.6 is 0 Å². The lowest BCUT2D eigenvalue weighted by atomic mass is 9.87. The molecule has 2 fully saturated rings. The Kier molecular flexibility index (Phi) is 5.95. The Hall–Kier alpha value is -3.31. The normalized spacial score (nSPS) is 23.6. The highest BCUT2D eigenvalue weighted by molar-refractivity contribution is 5.89. The molecule has 4 heterocycles. The minimum atomic E-state index is 0.330. The number of carbonyl (C=O) groups is 1. The molecule has 2 saturated heterocycles. The molecule has 0 amide bonds. The van der Waals surface area contributed by atoms with E-state index in [1.165, 1.54) is 24.0 Å². The van der Waals surface area contributed by atoms with Crippen molar-refractivity contribution in [2.45, 2.75) is 57.7 Å². The number of rotatable bonds is 7. The van der Waals surface area contributed by atoms with E-state index in [1.54, 1.807) is 6.92 Å². The quantitative estimate of drug-likeness (QED) is 0.416. The summed E-state index contributed by atoms with van der Waals surface area (Å²) in [5.41, 5.74) is 4.53. The van der Waals surface area contributed by atoms with Crippen LogP contribution in [0.25, 0.3) is 16.5 Å². The maximum atomic E-state index is 11.6. The molecule has 2 aromatic carbocycles. The molecule has 6 rings (SSSR count). The summed E-state index contributed by atoms with van der Waals surface area (Å²) in [6, 6.07) is 19.8. The number of carbonyl (C=O) groups excluding carboxylic acids is 1. The molecule has 0 N–H and O–H groups in total. The van der Waals surface area contributed by atoms with Gasteiger partial charge in [0.05, 0.1) is 17.8 Å². The maximum absolute atomic E-state index is 11.6. The van der Waals surface area contributed by atoms with Crippen molar-refractivity contribution in [1.29, 1.82) is 0 Å². The summed E-state index contributed by atoms with van der Waals surface area (Å²) in [6.07, 6.45) is 9.46. The van der Waals surface area contributed by atoms with E-state index in [4.69, 9.17) is 9.72 Å². The number of hydrogen-bond donors (Lipinski definition) is 0. The van der Waals surface area contributed by atoms with E-state index < -0.39 is 0 Å². The number of ether oxygens (including phenoxy) is 1. The van der Waals surface area contributed by atoms with Crippen LogP contribution in [0, 0.1) is 5.92 Å². The third-order valence-electron chi connectivity index (χ3n) is 7.72. The van der Waals surface area contributed by atoms with E-state index in [9.17, 15) is 4.79 Å². The number of aliphatic imine (C=N–C) groups is 1. The number of fused-ring (bicyclic) bond motifs is 3. The number of aromatic nitrogens is 1. The smallest absolute Gasteiger partial charge is 0.130 e. The van der Waals surface area contributed by atoms with Crippen molar-refractivity contribution in [2.24, 2.45) is 10.9 Å². The molecule has 0 aliphatic carbocycles. The van der Waals surface area contributed by atoms with Crippen LogP contribution in [-0.2, 0) is 11.3 Å². The number of benzene rings is 2. The third kappa shape index (κ3) is 4.78. The van der Waals surface area contributed by atoms with E-state index in [0.29, 0.717) is 23.8 Å². The zero-order chi connectivity index (χ0) is 23.8. The zero-order valence-corrected chi connectivity index (χ0v) is 20.2. The topological polar surface area (TPSA) is 54.8 Å². The van der Waals surface area contributed by atoms with Gasteiger partial charge in [0.1, 0.15) is 17.3 Å². The number of allylic oxidation sites excluding steroid dienone is 1. The molecule has 0 radical (unpaired) electrons. The van der Waals surface area contributed by atoms with Gasteiger partial charge in [0.15, 0.2) is 0 Å². The average Bonchev–Trinajstić information content (AvgIpc) is 3.46. The lowest BCUT2D eigenvalue weighted by molar-refractivity contribution is -0.118. The number of piperidine rings is 1. The van der Waals surface area contributed by atoms with Crippen LogP contribution in [0.3, 0.4) is 0 Å². The van der Waals surface area contributed by atoms with Crippen LogP contribution in [-0.4, -0.2) is 40.5 Å². The fourth-order valence-electron chi connectivity index (χ4n) is 6.11. The van der Waals surface area contributed by atoms with E-state index in [0.717, 1.165) is 60.4 Å². The van der Waals surface area contributed by atoms with Gasteiger partial charge in [-0.15, -0.1) is 0 Å². The maximum Gasteiger partial charge on any atom is 0.130 e. The predicted molar refractivity (Wildman–Crippen MR) is 140 cm³/mol. The van der Waals surface area contributed by atoms with Crippen molar-refractivity contribution in [3.8, 4) is 11.5 Å². The van der Waals surface area contributed by atoms with Gasteiger partial charge in [0.2, 0.25) is 0 Å². The number of pyridine rings is 1. The Bertz CT molecular complexity index is 1300.